The number of carbonyl (C=O) groups is 1. The van der Waals surface area contributed by atoms with E-state index in [2.05, 4.69) is 5.32 Å². The van der Waals surface area contributed by atoms with Crippen molar-refractivity contribution in [3.05, 3.63) is 95.6 Å². The molecule has 0 radical (unpaired) electrons. The third kappa shape index (κ3) is 4.63. The maximum Gasteiger partial charge on any atom is 0.252 e. The number of hydrogen-bond donors (Lipinski definition) is 1. The minimum absolute atomic E-state index is 0.187. The topological polar surface area (TPSA) is 55.4 Å². The van der Waals surface area contributed by atoms with Crippen LogP contribution in [0.1, 0.15) is 27.5 Å². The number of nitrogens with one attached hydrogen (secondary N) is 1. The Labute approximate surface area is 161 Å². The van der Waals surface area contributed by atoms with Crippen molar-refractivity contribution in [2.75, 3.05) is 13.4 Å². The first kappa shape index (κ1) is 18.9. The second-order valence-electron chi connectivity index (χ2n) is 6.07. The summed E-state index contributed by atoms with van der Waals surface area (Å²) >= 11 is 0. The van der Waals surface area contributed by atoms with Crippen LogP contribution in [-0.2, 0) is 10.8 Å². The van der Waals surface area contributed by atoms with Crippen LogP contribution >= 0.6 is 0 Å². The maximum atomic E-state index is 12.8. The van der Waals surface area contributed by atoms with Gasteiger partial charge in [-0.05, 0) is 47.5 Å². The Morgan fingerprint density at radius 3 is 2.04 bits per heavy atom. The zero-order chi connectivity index (χ0) is 19.2. The number of hydrogen-bond acceptors (Lipinski definition) is 3. The first-order chi connectivity index (χ1) is 13.1. The standard InChI is InChI=1S/C22H21NO3S/c1-26-19-12-8-17(9-13-19)21(16-6-4-3-5-7-16)23-22(24)18-10-14-20(15-11-18)27(2)25/h3-15,21H,1-2H3,(H,23,24)/t21-,27-/m1/s1. The van der Waals surface area contributed by atoms with Crippen LogP contribution in [0.2, 0.25) is 0 Å². The van der Waals surface area contributed by atoms with Gasteiger partial charge in [0.15, 0.2) is 0 Å². The summed E-state index contributed by atoms with van der Waals surface area (Å²) in [7, 11) is 0.556. The highest BCUT2D eigenvalue weighted by atomic mass is 32.2. The van der Waals surface area contributed by atoms with Crippen LogP contribution in [0, 0.1) is 0 Å². The van der Waals surface area contributed by atoms with E-state index in [0.29, 0.717) is 10.5 Å². The highest BCUT2D eigenvalue weighted by Gasteiger charge is 2.18. The number of methoxy groups -OCH3 is 1. The van der Waals surface area contributed by atoms with E-state index in [-0.39, 0.29) is 11.9 Å². The lowest BCUT2D eigenvalue weighted by Crippen LogP contribution is -2.29. The predicted molar refractivity (Wildman–Crippen MR) is 108 cm³/mol. The molecule has 0 unspecified atom stereocenters. The quantitative estimate of drug-likeness (QED) is 0.705. The van der Waals surface area contributed by atoms with Gasteiger partial charge >= 0.3 is 0 Å². The second-order valence-corrected chi connectivity index (χ2v) is 7.45. The molecule has 0 aromatic heterocycles. The van der Waals surface area contributed by atoms with Crippen molar-refractivity contribution in [1.82, 2.24) is 5.32 Å². The molecule has 0 heterocycles. The van der Waals surface area contributed by atoms with Crippen molar-refractivity contribution in [2.45, 2.75) is 10.9 Å². The van der Waals surface area contributed by atoms with Gasteiger partial charge in [-0.3, -0.25) is 9.00 Å². The molecule has 3 rings (SSSR count). The SMILES string of the molecule is COc1ccc([C@H](NC(=O)c2ccc([S@@](C)=O)cc2)c2ccccc2)cc1. The van der Waals surface area contributed by atoms with Crippen molar-refractivity contribution < 1.29 is 13.7 Å². The van der Waals surface area contributed by atoms with Gasteiger partial charge in [-0.25, -0.2) is 0 Å². The monoisotopic (exact) mass is 379 g/mol. The Kier molecular flexibility index (Phi) is 6.04. The first-order valence-electron chi connectivity index (χ1n) is 8.51. The van der Waals surface area contributed by atoms with Crippen LogP contribution in [0.25, 0.3) is 0 Å². The molecule has 0 saturated heterocycles. The third-order valence-corrected chi connectivity index (χ3v) is 5.24. The van der Waals surface area contributed by atoms with Crippen molar-refractivity contribution in [1.29, 1.82) is 0 Å². The molecule has 1 N–H and O–H groups in total. The number of amides is 1. The van der Waals surface area contributed by atoms with Gasteiger partial charge in [-0.2, -0.15) is 0 Å². The minimum Gasteiger partial charge on any atom is -0.497 e. The number of benzene rings is 3. The van der Waals surface area contributed by atoms with Gasteiger partial charge < -0.3 is 10.1 Å². The van der Waals surface area contributed by atoms with E-state index in [1.54, 1.807) is 37.6 Å². The molecule has 2 atom stereocenters. The molecule has 5 heteroatoms. The minimum atomic E-state index is -1.07. The van der Waals surface area contributed by atoms with Gasteiger partial charge in [0.1, 0.15) is 5.75 Å². The fraction of sp³-hybridized carbons (Fsp3) is 0.136. The molecule has 138 valence electrons. The smallest absolute Gasteiger partial charge is 0.252 e. The van der Waals surface area contributed by atoms with Gasteiger partial charge in [-0.1, -0.05) is 42.5 Å². The lowest BCUT2D eigenvalue weighted by molar-refractivity contribution is 0.0943. The zero-order valence-electron chi connectivity index (χ0n) is 15.2. The molecule has 0 aliphatic rings. The van der Waals surface area contributed by atoms with Crippen LogP contribution in [0.5, 0.6) is 5.75 Å². The van der Waals surface area contributed by atoms with E-state index in [9.17, 15) is 9.00 Å². The number of carbonyl (C=O) groups excluding carboxylic acids is 1. The van der Waals surface area contributed by atoms with Gasteiger partial charge in [0.25, 0.3) is 5.91 Å². The summed E-state index contributed by atoms with van der Waals surface area (Å²) in [6, 6.07) is 24.0. The van der Waals surface area contributed by atoms with Crippen molar-refractivity contribution >= 4 is 16.7 Å². The summed E-state index contributed by atoms with van der Waals surface area (Å²) in [6.07, 6.45) is 1.62. The van der Waals surface area contributed by atoms with E-state index >= 15 is 0 Å². The summed E-state index contributed by atoms with van der Waals surface area (Å²) in [5.74, 6) is 0.577. The molecule has 0 saturated carbocycles. The summed E-state index contributed by atoms with van der Waals surface area (Å²) in [6.45, 7) is 0. The number of ether oxygens (including phenoxy) is 1. The highest BCUT2D eigenvalue weighted by Crippen LogP contribution is 2.24. The molecular weight excluding hydrogens is 358 g/mol. The molecular formula is C22H21NO3S. The second kappa shape index (κ2) is 8.64. The predicted octanol–water partition coefficient (Wildman–Crippen LogP) is 3.95. The van der Waals surface area contributed by atoms with E-state index in [0.717, 1.165) is 16.9 Å². The highest BCUT2D eigenvalue weighted by molar-refractivity contribution is 7.84. The Morgan fingerprint density at radius 2 is 1.48 bits per heavy atom. The largest absolute Gasteiger partial charge is 0.497 e. The molecule has 4 nitrogen and oxygen atoms in total. The normalized spacial score (nSPS) is 12.8. The molecule has 0 bridgehead atoms. The Morgan fingerprint density at radius 1 is 0.889 bits per heavy atom. The third-order valence-electron chi connectivity index (χ3n) is 4.31. The summed E-state index contributed by atoms with van der Waals surface area (Å²) < 4.78 is 16.8. The molecule has 27 heavy (non-hydrogen) atoms. The van der Waals surface area contributed by atoms with Gasteiger partial charge in [0, 0.05) is 27.5 Å². The van der Waals surface area contributed by atoms with Crippen LogP contribution in [-0.4, -0.2) is 23.5 Å². The van der Waals surface area contributed by atoms with Crippen LogP contribution in [0.15, 0.2) is 83.8 Å². The molecule has 1 amide bonds. The summed E-state index contributed by atoms with van der Waals surface area (Å²) in [5, 5.41) is 3.10. The van der Waals surface area contributed by atoms with E-state index in [1.807, 2.05) is 54.6 Å². The van der Waals surface area contributed by atoms with Gasteiger partial charge in [-0.15, -0.1) is 0 Å². The average Bonchev–Trinajstić information content (AvgIpc) is 2.72. The van der Waals surface area contributed by atoms with Crippen molar-refractivity contribution in [3.8, 4) is 5.75 Å². The summed E-state index contributed by atoms with van der Waals surface area (Å²) in [5.41, 5.74) is 2.47. The molecule has 0 aliphatic carbocycles. The Bertz CT molecular complexity index is 922. The lowest BCUT2D eigenvalue weighted by Gasteiger charge is -2.20. The van der Waals surface area contributed by atoms with E-state index < -0.39 is 10.8 Å². The fourth-order valence-electron chi connectivity index (χ4n) is 2.81. The molecule has 0 fully saturated rings. The Balaban J connectivity index is 1.88. The first-order valence-corrected chi connectivity index (χ1v) is 10.1. The van der Waals surface area contributed by atoms with Gasteiger partial charge in [0.2, 0.25) is 0 Å². The van der Waals surface area contributed by atoms with Crippen LogP contribution < -0.4 is 10.1 Å². The van der Waals surface area contributed by atoms with Crippen LogP contribution in [0.4, 0.5) is 0 Å². The molecule has 0 spiro atoms. The molecule has 3 aromatic rings. The molecule has 0 aliphatic heterocycles. The maximum absolute atomic E-state index is 12.8. The average molecular weight is 379 g/mol. The van der Waals surface area contributed by atoms with Crippen LogP contribution in [0.3, 0.4) is 0 Å². The van der Waals surface area contributed by atoms with E-state index in [4.69, 9.17) is 4.74 Å². The van der Waals surface area contributed by atoms with Crippen molar-refractivity contribution in [3.63, 3.8) is 0 Å². The fourth-order valence-corrected chi connectivity index (χ4v) is 3.33. The van der Waals surface area contributed by atoms with E-state index in [1.165, 1.54) is 0 Å². The molecule has 3 aromatic carbocycles. The Hall–Kier alpha value is -2.92. The lowest BCUT2D eigenvalue weighted by atomic mass is 9.98. The van der Waals surface area contributed by atoms with Crippen molar-refractivity contribution in [2.24, 2.45) is 0 Å². The zero-order valence-corrected chi connectivity index (χ0v) is 16.0. The van der Waals surface area contributed by atoms with Gasteiger partial charge in [0.05, 0.1) is 13.2 Å². The summed E-state index contributed by atoms with van der Waals surface area (Å²) in [4.78, 5) is 13.5. The number of rotatable bonds is 6.